The highest BCUT2D eigenvalue weighted by Gasteiger charge is 2.21. The Morgan fingerprint density at radius 2 is 1.36 bits per heavy atom. The Bertz CT molecular complexity index is 840. The highest BCUT2D eigenvalue weighted by molar-refractivity contribution is 6.04. The minimum absolute atomic E-state index is 0. The molecule has 0 spiro atoms. The standard InChI is InChI=1S/C20H20N2.C2H6.CH4/c1-12-10-13(2)14(3)16(11-12)20-21-17-8-4-6-15-7-5-9-18(22-20)19(15)17;1-2;/h4-11,20-22H,1-3H3;1-2H3;1H4. The van der Waals surface area contributed by atoms with Gasteiger partial charge in [-0.3, -0.25) is 0 Å². The predicted octanol–water partition coefficient (Wildman–Crippen LogP) is 6.96. The molecule has 2 nitrogen and oxygen atoms in total. The van der Waals surface area contributed by atoms with Gasteiger partial charge in [0.05, 0.1) is 0 Å². The molecular formula is C23H30N2. The van der Waals surface area contributed by atoms with Gasteiger partial charge in [0.1, 0.15) is 6.17 Å². The number of rotatable bonds is 1. The van der Waals surface area contributed by atoms with E-state index >= 15 is 0 Å². The lowest BCUT2D eigenvalue weighted by Crippen LogP contribution is -2.24. The molecular weight excluding hydrogens is 304 g/mol. The van der Waals surface area contributed by atoms with Crippen LogP contribution in [0.25, 0.3) is 10.8 Å². The molecule has 0 bridgehead atoms. The van der Waals surface area contributed by atoms with E-state index in [-0.39, 0.29) is 13.6 Å². The van der Waals surface area contributed by atoms with Gasteiger partial charge in [-0.1, -0.05) is 63.2 Å². The molecule has 0 saturated heterocycles. The van der Waals surface area contributed by atoms with E-state index < -0.39 is 0 Å². The molecule has 4 rings (SSSR count). The maximum atomic E-state index is 3.66. The second-order valence-corrected chi connectivity index (χ2v) is 6.23. The molecule has 0 atom stereocenters. The predicted molar refractivity (Wildman–Crippen MR) is 113 cm³/mol. The van der Waals surface area contributed by atoms with Gasteiger partial charge in [-0.05, 0) is 55.0 Å². The van der Waals surface area contributed by atoms with Crippen molar-refractivity contribution < 1.29 is 0 Å². The number of benzene rings is 3. The van der Waals surface area contributed by atoms with E-state index in [1.807, 2.05) is 13.8 Å². The number of nitrogens with one attached hydrogen (secondary N) is 2. The fraction of sp³-hybridized carbons (Fsp3) is 0.304. The summed E-state index contributed by atoms with van der Waals surface area (Å²) in [6.45, 7) is 10.5. The van der Waals surface area contributed by atoms with Crippen molar-refractivity contribution in [3.63, 3.8) is 0 Å². The lowest BCUT2D eigenvalue weighted by molar-refractivity contribution is 0.880. The van der Waals surface area contributed by atoms with Crippen LogP contribution in [0.4, 0.5) is 11.4 Å². The van der Waals surface area contributed by atoms with Gasteiger partial charge in [0.15, 0.2) is 0 Å². The first kappa shape index (κ1) is 18.9. The van der Waals surface area contributed by atoms with Crippen molar-refractivity contribution in [3.05, 3.63) is 70.8 Å². The van der Waals surface area contributed by atoms with Crippen molar-refractivity contribution >= 4 is 22.1 Å². The molecule has 1 aliphatic heterocycles. The Morgan fingerprint density at radius 1 is 0.800 bits per heavy atom. The molecule has 2 heteroatoms. The van der Waals surface area contributed by atoms with Crippen molar-refractivity contribution in [2.24, 2.45) is 0 Å². The van der Waals surface area contributed by atoms with Crippen LogP contribution < -0.4 is 10.6 Å². The molecule has 0 unspecified atom stereocenters. The van der Waals surface area contributed by atoms with Crippen LogP contribution in [0.1, 0.15) is 49.7 Å². The maximum absolute atomic E-state index is 3.66. The number of aryl methyl sites for hydroxylation is 2. The molecule has 132 valence electrons. The zero-order valence-corrected chi connectivity index (χ0v) is 15.2. The SMILES string of the molecule is C.CC.Cc1cc(C)c(C)c(C2Nc3cccc4cccc(c34)N2)c1. The fourth-order valence-electron chi connectivity index (χ4n) is 3.46. The third-order valence-corrected chi connectivity index (χ3v) is 4.67. The Kier molecular flexibility index (Phi) is 5.73. The van der Waals surface area contributed by atoms with Gasteiger partial charge in [-0.25, -0.2) is 0 Å². The molecule has 25 heavy (non-hydrogen) atoms. The third-order valence-electron chi connectivity index (χ3n) is 4.67. The van der Waals surface area contributed by atoms with Gasteiger partial charge in [0, 0.05) is 16.8 Å². The third kappa shape index (κ3) is 3.34. The molecule has 0 saturated carbocycles. The fourth-order valence-corrected chi connectivity index (χ4v) is 3.46. The zero-order valence-electron chi connectivity index (χ0n) is 15.2. The Morgan fingerprint density at radius 3 is 1.92 bits per heavy atom. The molecule has 1 heterocycles. The number of hydrogen-bond acceptors (Lipinski definition) is 2. The molecule has 2 N–H and O–H groups in total. The molecule has 1 aliphatic rings. The van der Waals surface area contributed by atoms with Gasteiger partial charge in [-0.2, -0.15) is 0 Å². The van der Waals surface area contributed by atoms with Crippen LogP contribution in [0.2, 0.25) is 0 Å². The highest BCUT2D eigenvalue weighted by Crippen LogP contribution is 2.39. The Hall–Kier alpha value is -2.48. The van der Waals surface area contributed by atoms with E-state index in [4.69, 9.17) is 0 Å². The lowest BCUT2D eigenvalue weighted by atomic mass is 9.96. The van der Waals surface area contributed by atoms with E-state index in [0.717, 1.165) is 0 Å². The van der Waals surface area contributed by atoms with Crippen LogP contribution in [0.15, 0.2) is 48.5 Å². The molecule has 3 aromatic carbocycles. The molecule has 0 aliphatic carbocycles. The van der Waals surface area contributed by atoms with Gasteiger partial charge in [0.2, 0.25) is 0 Å². The molecule has 0 fully saturated rings. The smallest absolute Gasteiger partial charge is 0.123 e. The largest absolute Gasteiger partial charge is 0.361 e. The summed E-state index contributed by atoms with van der Waals surface area (Å²) in [6.07, 6.45) is 0.110. The van der Waals surface area contributed by atoms with Gasteiger partial charge < -0.3 is 10.6 Å². The second kappa shape index (κ2) is 7.60. The van der Waals surface area contributed by atoms with Crippen LogP contribution in [0.5, 0.6) is 0 Å². The first-order valence-electron chi connectivity index (χ1n) is 8.76. The van der Waals surface area contributed by atoms with Crippen LogP contribution in [0, 0.1) is 20.8 Å². The monoisotopic (exact) mass is 334 g/mol. The Balaban J connectivity index is 0.000000726. The molecule has 3 aromatic rings. The highest BCUT2D eigenvalue weighted by atomic mass is 15.1. The van der Waals surface area contributed by atoms with Gasteiger partial charge in [-0.15, -0.1) is 0 Å². The molecule has 0 radical (unpaired) electrons. The number of anilines is 2. The van der Waals surface area contributed by atoms with Crippen molar-refractivity contribution in [1.82, 2.24) is 0 Å². The van der Waals surface area contributed by atoms with E-state index in [1.165, 1.54) is 44.4 Å². The summed E-state index contributed by atoms with van der Waals surface area (Å²) in [5.74, 6) is 0. The average molecular weight is 335 g/mol. The van der Waals surface area contributed by atoms with Crippen LogP contribution >= 0.6 is 0 Å². The normalized spacial score (nSPS) is 12.4. The van der Waals surface area contributed by atoms with Gasteiger partial charge >= 0.3 is 0 Å². The molecule has 0 amide bonds. The van der Waals surface area contributed by atoms with Crippen molar-refractivity contribution in [2.45, 2.75) is 48.2 Å². The summed E-state index contributed by atoms with van der Waals surface area (Å²) in [5, 5.41) is 9.87. The lowest BCUT2D eigenvalue weighted by Gasteiger charge is -2.31. The van der Waals surface area contributed by atoms with E-state index in [9.17, 15) is 0 Å². The summed E-state index contributed by atoms with van der Waals surface area (Å²) >= 11 is 0. The van der Waals surface area contributed by atoms with Crippen molar-refractivity contribution in [2.75, 3.05) is 10.6 Å². The summed E-state index contributed by atoms with van der Waals surface area (Å²) in [6, 6.07) is 17.4. The summed E-state index contributed by atoms with van der Waals surface area (Å²) in [4.78, 5) is 0. The minimum atomic E-state index is 0. The second-order valence-electron chi connectivity index (χ2n) is 6.23. The van der Waals surface area contributed by atoms with E-state index in [2.05, 4.69) is 79.9 Å². The topological polar surface area (TPSA) is 24.1 Å². The summed E-state index contributed by atoms with van der Waals surface area (Å²) in [7, 11) is 0. The Labute approximate surface area is 152 Å². The van der Waals surface area contributed by atoms with Crippen molar-refractivity contribution in [1.29, 1.82) is 0 Å². The number of hydrogen-bond donors (Lipinski definition) is 2. The quantitative estimate of drug-likeness (QED) is 0.502. The van der Waals surface area contributed by atoms with Gasteiger partial charge in [0.25, 0.3) is 0 Å². The zero-order chi connectivity index (χ0) is 17.3. The molecule has 0 aromatic heterocycles. The maximum Gasteiger partial charge on any atom is 0.123 e. The summed E-state index contributed by atoms with van der Waals surface area (Å²) < 4.78 is 0. The minimum Gasteiger partial charge on any atom is -0.361 e. The van der Waals surface area contributed by atoms with Crippen LogP contribution in [0.3, 0.4) is 0 Å². The first-order chi connectivity index (χ1) is 11.6. The van der Waals surface area contributed by atoms with Crippen LogP contribution in [-0.4, -0.2) is 0 Å². The summed E-state index contributed by atoms with van der Waals surface area (Å²) in [5.41, 5.74) is 7.73. The first-order valence-corrected chi connectivity index (χ1v) is 8.76. The van der Waals surface area contributed by atoms with E-state index in [1.54, 1.807) is 0 Å². The average Bonchev–Trinajstić information content (AvgIpc) is 2.60. The van der Waals surface area contributed by atoms with E-state index in [0.29, 0.717) is 0 Å². The van der Waals surface area contributed by atoms with Crippen molar-refractivity contribution in [3.8, 4) is 0 Å². The van der Waals surface area contributed by atoms with Crippen LogP contribution in [-0.2, 0) is 0 Å².